The van der Waals surface area contributed by atoms with Crippen LogP contribution in [0.1, 0.15) is 48.0 Å². The van der Waals surface area contributed by atoms with Crippen LogP contribution in [0.15, 0.2) is 23.5 Å². The van der Waals surface area contributed by atoms with Crippen LogP contribution in [-0.4, -0.2) is 87.8 Å². The van der Waals surface area contributed by atoms with Crippen molar-refractivity contribution in [1.82, 2.24) is 0 Å². The standard InChI is InChI=1S/C27H40O11/c1-25(2,30-8)32-11-14-9-10-15-16(22(28)29-7)12-31-23(18(14)15)35-24-21-20(37-27(5,6)38-21)19-17(34-24)13-33-26(3,4)36-19/h9,12,15,17-21,23-24H,10-11,13H2,1-8H3/t15-,17-,18-,19-,20+,21-,23+,24+/m1/s1. The van der Waals surface area contributed by atoms with E-state index in [4.69, 9.17) is 47.4 Å². The number of esters is 1. The summed E-state index contributed by atoms with van der Waals surface area (Å²) in [6, 6.07) is 0. The Kier molecular flexibility index (Phi) is 7.45. The second-order valence-corrected chi connectivity index (χ2v) is 11.6. The third-order valence-corrected chi connectivity index (χ3v) is 7.73. The molecule has 0 N–H and O–H groups in total. The molecule has 0 unspecified atom stereocenters. The summed E-state index contributed by atoms with van der Waals surface area (Å²) >= 11 is 0. The summed E-state index contributed by atoms with van der Waals surface area (Å²) in [5.74, 6) is -3.35. The van der Waals surface area contributed by atoms with Crippen molar-refractivity contribution in [3.63, 3.8) is 0 Å². The number of allylic oxidation sites excluding steroid dienone is 1. The molecule has 0 bridgehead atoms. The third-order valence-electron chi connectivity index (χ3n) is 7.73. The Labute approximate surface area is 223 Å². The number of carbonyl (C=O) groups is 1. The Morgan fingerprint density at radius 1 is 1.03 bits per heavy atom. The molecular formula is C27H40O11. The number of ether oxygens (including phenoxy) is 10. The lowest BCUT2D eigenvalue weighted by molar-refractivity contribution is -0.384. The highest BCUT2D eigenvalue weighted by Crippen LogP contribution is 2.47. The first-order valence-corrected chi connectivity index (χ1v) is 13.1. The minimum Gasteiger partial charge on any atom is -0.471 e. The average molecular weight is 541 g/mol. The molecule has 5 aliphatic rings. The predicted octanol–water partition coefficient (Wildman–Crippen LogP) is 2.77. The van der Waals surface area contributed by atoms with Gasteiger partial charge in [-0.25, -0.2) is 4.79 Å². The van der Waals surface area contributed by atoms with Crippen molar-refractivity contribution in [2.75, 3.05) is 27.4 Å². The van der Waals surface area contributed by atoms with Gasteiger partial charge in [0.15, 0.2) is 23.7 Å². The van der Waals surface area contributed by atoms with Crippen LogP contribution in [0.5, 0.6) is 0 Å². The molecule has 11 heteroatoms. The number of methoxy groups -OCH3 is 2. The van der Waals surface area contributed by atoms with Gasteiger partial charge in [0.05, 0.1) is 38.1 Å². The molecule has 0 aromatic rings. The summed E-state index contributed by atoms with van der Waals surface area (Å²) < 4.78 is 59.9. The van der Waals surface area contributed by atoms with Gasteiger partial charge in [0.25, 0.3) is 0 Å². The first-order valence-electron chi connectivity index (χ1n) is 13.1. The number of hydrogen-bond acceptors (Lipinski definition) is 11. The lowest BCUT2D eigenvalue weighted by atomic mass is 9.83. The Morgan fingerprint density at radius 3 is 2.45 bits per heavy atom. The van der Waals surface area contributed by atoms with E-state index in [2.05, 4.69) is 6.08 Å². The van der Waals surface area contributed by atoms with Gasteiger partial charge < -0.3 is 47.4 Å². The zero-order valence-electron chi connectivity index (χ0n) is 23.4. The van der Waals surface area contributed by atoms with E-state index in [-0.39, 0.29) is 24.5 Å². The van der Waals surface area contributed by atoms with E-state index in [0.29, 0.717) is 18.6 Å². The van der Waals surface area contributed by atoms with Crippen LogP contribution >= 0.6 is 0 Å². The quantitative estimate of drug-likeness (QED) is 0.270. The Morgan fingerprint density at radius 2 is 1.74 bits per heavy atom. The zero-order chi connectivity index (χ0) is 27.5. The fourth-order valence-electron chi connectivity index (χ4n) is 5.71. The molecule has 4 heterocycles. The lowest BCUT2D eigenvalue weighted by Gasteiger charge is -2.49. The van der Waals surface area contributed by atoms with Crippen LogP contribution in [0.2, 0.25) is 0 Å². The lowest BCUT2D eigenvalue weighted by Crippen LogP contribution is -2.64. The summed E-state index contributed by atoms with van der Waals surface area (Å²) in [7, 11) is 2.95. The largest absolute Gasteiger partial charge is 0.471 e. The Hall–Kier alpha value is -1.57. The van der Waals surface area contributed by atoms with E-state index < -0.39 is 54.2 Å². The molecule has 38 heavy (non-hydrogen) atoms. The molecule has 0 amide bonds. The van der Waals surface area contributed by atoms with Gasteiger partial charge in [-0.1, -0.05) is 6.08 Å². The molecule has 3 saturated heterocycles. The highest BCUT2D eigenvalue weighted by Gasteiger charge is 2.60. The van der Waals surface area contributed by atoms with E-state index in [1.54, 1.807) is 7.11 Å². The number of fused-ring (bicyclic) bond motifs is 4. The number of carbonyl (C=O) groups excluding carboxylic acids is 1. The van der Waals surface area contributed by atoms with Gasteiger partial charge in [-0.15, -0.1) is 0 Å². The first-order chi connectivity index (χ1) is 17.8. The average Bonchev–Trinajstić information content (AvgIpc) is 3.43. The summed E-state index contributed by atoms with van der Waals surface area (Å²) in [4.78, 5) is 12.5. The van der Waals surface area contributed by atoms with Crippen molar-refractivity contribution in [2.45, 2.75) is 102 Å². The Bertz CT molecular complexity index is 970. The van der Waals surface area contributed by atoms with Crippen molar-refractivity contribution in [2.24, 2.45) is 11.8 Å². The van der Waals surface area contributed by atoms with Crippen molar-refractivity contribution in [3.05, 3.63) is 23.5 Å². The maximum absolute atomic E-state index is 12.5. The summed E-state index contributed by atoms with van der Waals surface area (Å²) in [6.07, 6.45) is 0.718. The molecule has 0 radical (unpaired) electrons. The van der Waals surface area contributed by atoms with Gasteiger partial charge >= 0.3 is 5.97 Å². The van der Waals surface area contributed by atoms with Crippen LogP contribution in [0.25, 0.3) is 0 Å². The molecule has 0 saturated carbocycles. The van der Waals surface area contributed by atoms with E-state index >= 15 is 0 Å². The number of hydrogen-bond donors (Lipinski definition) is 0. The topological polar surface area (TPSA) is 109 Å². The van der Waals surface area contributed by atoms with E-state index in [1.165, 1.54) is 13.4 Å². The van der Waals surface area contributed by atoms with Crippen LogP contribution in [0, 0.1) is 11.8 Å². The summed E-state index contributed by atoms with van der Waals surface area (Å²) in [5.41, 5.74) is 1.40. The minimum absolute atomic E-state index is 0.197. The highest BCUT2D eigenvalue weighted by molar-refractivity contribution is 5.89. The Balaban J connectivity index is 1.39. The maximum Gasteiger partial charge on any atom is 0.337 e. The second kappa shape index (κ2) is 10.1. The monoisotopic (exact) mass is 540 g/mol. The van der Waals surface area contributed by atoms with Crippen molar-refractivity contribution in [1.29, 1.82) is 0 Å². The number of rotatable bonds is 7. The van der Waals surface area contributed by atoms with Gasteiger partial charge in [0.1, 0.15) is 24.4 Å². The molecule has 11 nitrogen and oxygen atoms in total. The van der Waals surface area contributed by atoms with Gasteiger partial charge in [-0.05, 0) is 53.5 Å². The molecule has 0 aromatic heterocycles. The van der Waals surface area contributed by atoms with Crippen LogP contribution in [0.3, 0.4) is 0 Å². The van der Waals surface area contributed by atoms with Crippen LogP contribution < -0.4 is 0 Å². The van der Waals surface area contributed by atoms with Gasteiger partial charge in [-0.3, -0.25) is 0 Å². The zero-order valence-corrected chi connectivity index (χ0v) is 23.4. The van der Waals surface area contributed by atoms with Gasteiger partial charge in [0.2, 0.25) is 6.29 Å². The maximum atomic E-state index is 12.5. The molecule has 0 spiro atoms. The molecule has 5 rings (SSSR count). The summed E-state index contributed by atoms with van der Waals surface area (Å²) in [6.45, 7) is 11.7. The minimum atomic E-state index is -0.854. The van der Waals surface area contributed by atoms with Crippen LogP contribution in [-0.2, 0) is 52.2 Å². The predicted molar refractivity (Wildman–Crippen MR) is 130 cm³/mol. The highest BCUT2D eigenvalue weighted by atomic mass is 16.8. The van der Waals surface area contributed by atoms with Gasteiger partial charge in [-0.2, -0.15) is 0 Å². The SMILES string of the molecule is COC(=O)C1=CO[C@@H](O[C@@H]2O[C@@H]3COC(C)(C)O[C@H]3[C@@H]3OC(C)(C)O[C@@H]23)[C@@H]2C(COC(C)(C)OC)=CC[C@H]12. The molecule has 214 valence electrons. The van der Waals surface area contributed by atoms with Crippen molar-refractivity contribution in [3.8, 4) is 0 Å². The second-order valence-electron chi connectivity index (χ2n) is 11.6. The van der Waals surface area contributed by atoms with Crippen molar-refractivity contribution >= 4 is 5.97 Å². The normalized spacial score (nSPS) is 39.3. The first kappa shape index (κ1) is 28.0. The molecular weight excluding hydrogens is 500 g/mol. The third kappa shape index (κ3) is 5.40. The van der Waals surface area contributed by atoms with Crippen LogP contribution in [0.4, 0.5) is 0 Å². The van der Waals surface area contributed by atoms with E-state index in [0.717, 1.165) is 5.57 Å². The fourth-order valence-corrected chi connectivity index (χ4v) is 5.71. The van der Waals surface area contributed by atoms with E-state index in [1.807, 2.05) is 41.5 Å². The molecule has 3 fully saturated rings. The fraction of sp³-hybridized carbons (Fsp3) is 0.815. The molecule has 4 aliphatic heterocycles. The molecule has 1 aliphatic carbocycles. The van der Waals surface area contributed by atoms with Crippen molar-refractivity contribution < 1.29 is 52.2 Å². The summed E-state index contributed by atoms with van der Waals surface area (Å²) in [5, 5.41) is 0. The molecule has 8 atom stereocenters. The molecule has 0 aromatic carbocycles. The van der Waals surface area contributed by atoms with E-state index in [9.17, 15) is 4.79 Å². The van der Waals surface area contributed by atoms with Gasteiger partial charge in [0, 0.05) is 13.0 Å². The smallest absolute Gasteiger partial charge is 0.337 e.